The second-order valence-electron chi connectivity index (χ2n) is 7.27. The third kappa shape index (κ3) is 5.10. The van der Waals surface area contributed by atoms with Crippen LogP contribution in [0, 0.1) is 12.8 Å². The summed E-state index contributed by atoms with van der Waals surface area (Å²) in [5.41, 5.74) is 2.45. The largest absolute Gasteiger partial charge is 0.494 e. The lowest BCUT2D eigenvalue weighted by Gasteiger charge is -2.21. The fraction of sp³-hybridized carbons (Fsp3) is 0.524. The Kier molecular flexibility index (Phi) is 6.31. The van der Waals surface area contributed by atoms with Crippen LogP contribution in [0.3, 0.4) is 0 Å². The van der Waals surface area contributed by atoms with Gasteiger partial charge in [0.2, 0.25) is 0 Å². The predicted octanol–water partition coefficient (Wildman–Crippen LogP) is 4.01. The number of aryl methyl sites for hydroxylation is 2. The van der Waals surface area contributed by atoms with Gasteiger partial charge in [-0.25, -0.2) is 0 Å². The number of aromatic nitrogens is 2. The fourth-order valence-electron chi connectivity index (χ4n) is 3.66. The fourth-order valence-corrected chi connectivity index (χ4v) is 3.66. The Morgan fingerprint density at radius 3 is 2.81 bits per heavy atom. The summed E-state index contributed by atoms with van der Waals surface area (Å²) < 4.78 is 7.54. The number of hydrogen-bond acceptors (Lipinski definition) is 3. The van der Waals surface area contributed by atoms with Crippen LogP contribution in [-0.4, -0.2) is 22.3 Å². The lowest BCUT2D eigenvalue weighted by Crippen LogP contribution is -2.25. The number of nitrogens with zero attached hydrogens (tertiary/aromatic N) is 2. The minimum atomic E-state index is -0.114. The summed E-state index contributed by atoms with van der Waals surface area (Å²) in [5.74, 6) is 1.59. The van der Waals surface area contributed by atoms with Crippen LogP contribution in [0.4, 0.5) is 0 Å². The standard InChI is InChI=1S/C21H29N3O2/c1-16-13-20(24(2)23-16)21(25)22-15-18-9-6-10-19(14-18)26-12-11-17-7-4-3-5-8-17/h6,9-10,13-14,17H,3-5,7-8,11-12,15H2,1-2H3,(H,22,25). The molecule has 3 rings (SSSR count). The molecule has 0 saturated heterocycles. The van der Waals surface area contributed by atoms with Gasteiger partial charge >= 0.3 is 0 Å². The number of nitrogens with one attached hydrogen (secondary N) is 1. The van der Waals surface area contributed by atoms with Crippen molar-refractivity contribution < 1.29 is 9.53 Å². The first-order valence-electron chi connectivity index (χ1n) is 9.62. The highest BCUT2D eigenvalue weighted by atomic mass is 16.5. The Hall–Kier alpha value is -2.30. The van der Waals surface area contributed by atoms with Crippen LogP contribution in [0.15, 0.2) is 30.3 Å². The molecule has 0 atom stereocenters. The summed E-state index contributed by atoms with van der Waals surface area (Å²) in [6, 6.07) is 9.76. The number of ether oxygens (including phenoxy) is 1. The summed E-state index contributed by atoms with van der Waals surface area (Å²) in [7, 11) is 1.78. The molecule has 26 heavy (non-hydrogen) atoms. The molecule has 140 valence electrons. The average molecular weight is 355 g/mol. The average Bonchev–Trinajstić information content (AvgIpc) is 2.99. The highest BCUT2D eigenvalue weighted by molar-refractivity contribution is 5.92. The Balaban J connectivity index is 1.47. The molecule has 0 spiro atoms. The van der Waals surface area contributed by atoms with Gasteiger partial charge in [0, 0.05) is 13.6 Å². The summed E-state index contributed by atoms with van der Waals surface area (Å²) in [4.78, 5) is 12.3. The number of benzene rings is 1. The zero-order valence-corrected chi connectivity index (χ0v) is 15.8. The molecule has 0 aliphatic heterocycles. The summed E-state index contributed by atoms with van der Waals surface area (Å²) >= 11 is 0. The zero-order valence-electron chi connectivity index (χ0n) is 15.8. The maximum absolute atomic E-state index is 12.3. The van der Waals surface area contributed by atoms with E-state index in [1.165, 1.54) is 32.1 Å². The molecular weight excluding hydrogens is 326 g/mol. The third-order valence-corrected chi connectivity index (χ3v) is 5.11. The molecule has 1 saturated carbocycles. The molecule has 1 aromatic heterocycles. The van der Waals surface area contributed by atoms with Crippen molar-refractivity contribution in [2.24, 2.45) is 13.0 Å². The van der Waals surface area contributed by atoms with Crippen LogP contribution in [0.1, 0.15) is 60.3 Å². The zero-order chi connectivity index (χ0) is 18.4. The molecule has 1 heterocycles. The van der Waals surface area contributed by atoms with Gasteiger partial charge in [-0.3, -0.25) is 9.48 Å². The van der Waals surface area contributed by atoms with E-state index in [0.717, 1.165) is 36.0 Å². The topological polar surface area (TPSA) is 56.1 Å². The van der Waals surface area contributed by atoms with Gasteiger partial charge in [0.1, 0.15) is 11.4 Å². The highest BCUT2D eigenvalue weighted by Gasteiger charge is 2.13. The van der Waals surface area contributed by atoms with Crippen molar-refractivity contribution in [2.75, 3.05) is 6.61 Å². The van der Waals surface area contributed by atoms with Crippen molar-refractivity contribution in [2.45, 2.75) is 52.0 Å². The number of hydrogen-bond donors (Lipinski definition) is 1. The smallest absolute Gasteiger partial charge is 0.269 e. The molecule has 1 N–H and O–H groups in total. The lowest BCUT2D eigenvalue weighted by atomic mass is 9.87. The van der Waals surface area contributed by atoms with E-state index in [1.54, 1.807) is 17.8 Å². The second kappa shape index (κ2) is 8.88. The molecule has 1 aliphatic rings. The van der Waals surface area contributed by atoms with Gasteiger partial charge in [0.25, 0.3) is 5.91 Å². The van der Waals surface area contributed by atoms with E-state index in [1.807, 2.05) is 31.2 Å². The Labute approximate surface area is 155 Å². The first kappa shape index (κ1) is 18.5. The van der Waals surface area contributed by atoms with Crippen molar-refractivity contribution in [3.8, 4) is 5.75 Å². The molecule has 1 fully saturated rings. The predicted molar refractivity (Wildman–Crippen MR) is 102 cm³/mol. The quantitative estimate of drug-likeness (QED) is 0.816. The Morgan fingerprint density at radius 1 is 1.27 bits per heavy atom. The van der Waals surface area contributed by atoms with Crippen molar-refractivity contribution in [3.05, 3.63) is 47.3 Å². The minimum Gasteiger partial charge on any atom is -0.494 e. The summed E-state index contributed by atoms with van der Waals surface area (Å²) in [5, 5.41) is 7.16. The van der Waals surface area contributed by atoms with Crippen molar-refractivity contribution in [1.29, 1.82) is 0 Å². The second-order valence-corrected chi connectivity index (χ2v) is 7.27. The van der Waals surface area contributed by atoms with Gasteiger partial charge in [0.15, 0.2) is 0 Å². The van der Waals surface area contributed by atoms with Crippen LogP contribution in [0.25, 0.3) is 0 Å². The molecule has 0 unspecified atom stereocenters. The van der Waals surface area contributed by atoms with E-state index < -0.39 is 0 Å². The van der Waals surface area contributed by atoms with Crippen molar-refractivity contribution >= 4 is 5.91 Å². The molecule has 1 aliphatic carbocycles. The summed E-state index contributed by atoms with van der Waals surface area (Å²) in [6.45, 7) is 3.13. The molecule has 5 heteroatoms. The van der Waals surface area contributed by atoms with Gasteiger partial charge in [-0.2, -0.15) is 5.10 Å². The maximum Gasteiger partial charge on any atom is 0.269 e. The third-order valence-electron chi connectivity index (χ3n) is 5.11. The van der Waals surface area contributed by atoms with Crippen LogP contribution < -0.4 is 10.1 Å². The molecule has 1 aromatic carbocycles. The molecule has 2 aromatic rings. The number of carbonyl (C=O) groups is 1. The van der Waals surface area contributed by atoms with Gasteiger partial charge in [-0.1, -0.05) is 44.2 Å². The van der Waals surface area contributed by atoms with E-state index in [0.29, 0.717) is 12.2 Å². The SMILES string of the molecule is Cc1cc(C(=O)NCc2cccc(OCCC3CCCCC3)c2)n(C)n1. The van der Waals surface area contributed by atoms with Crippen LogP contribution in [0.2, 0.25) is 0 Å². The van der Waals surface area contributed by atoms with Gasteiger partial charge in [0.05, 0.1) is 12.3 Å². The molecular formula is C21H29N3O2. The Morgan fingerprint density at radius 2 is 2.08 bits per heavy atom. The van der Waals surface area contributed by atoms with Crippen LogP contribution in [0.5, 0.6) is 5.75 Å². The number of rotatable bonds is 7. The van der Waals surface area contributed by atoms with E-state index in [2.05, 4.69) is 10.4 Å². The van der Waals surface area contributed by atoms with E-state index >= 15 is 0 Å². The first-order chi connectivity index (χ1) is 12.6. The molecule has 0 radical (unpaired) electrons. The van der Waals surface area contributed by atoms with E-state index in [4.69, 9.17) is 4.74 Å². The Bertz CT molecular complexity index is 733. The monoisotopic (exact) mass is 355 g/mol. The normalized spacial score (nSPS) is 15.0. The van der Waals surface area contributed by atoms with E-state index in [9.17, 15) is 4.79 Å². The van der Waals surface area contributed by atoms with Gasteiger partial charge in [-0.05, 0) is 43.0 Å². The molecule has 5 nitrogen and oxygen atoms in total. The van der Waals surface area contributed by atoms with Gasteiger partial charge < -0.3 is 10.1 Å². The first-order valence-corrected chi connectivity index (χ1v) is 9.62. The lowest BCUT2D eigenvalue weighted by molar-refractivity contribution is 0.0941. The van der Waals surface area contributed by atoms with Gasteiger partial charge in [-0.15, -0.1) is 0 Å². The van der Waals surface area contributed by atoms with Crippen LogP contribution in [-0.2, 0) is 13.6 Å². The van der Waals surface area contributed by atoms with Crippen LogP contribution >= 0.6 is 0 Å². The maximum atomic E-state index is 12.3. The molecule has 0 bridgehead atoms. The summed E-state index contributed by atoms with van der Waals surface area (Å²) in [6.07, 6.45) is 7.97. The van der Waals surface area contributed by atoms with Crippen molar-refractivity contribution in [3.63, 3.8) is 0 Å². The molecule has 1 amide bonds. The minimum absolute atomic E-state index is 0.114. The number of carbonyl (C=O) groups excluding carboxylic acids is 1. The van der Waals surface area contributed by atoms with Crippen molar-refractivity contribution in [1.82, 2.24) is 15.1 Å². The van der Waals surface area contributed by atoms with E-state index in [-0.39, 0.29) is 5.91 Å². The highest BCUT2D eigenvalue weighted by Crippen LogP contribution is 2.26. The number of amides is 1.